The number of ether oxygens (including phenoxy) is 1. The average Bonchev–Trinajstić information content (AvgIpc) is 3.31. The number of alkyl carbamates (subject to hydrolysis) is 1. The number of cyclic esters (lactones) is 1. The Morgan fingerprint density at radius 2 is 2.14 bits per heavy atom. The number of carbonyl (C=O) groups excluding carboxylic acids is 1. The molecule has 1 aliphatic heterocycles. The van der Waals surface area contributed by atoms with Gasteiger partial charge in [-0.2, -0.15) is 18.3 Å². The van der Waals surface area contributed by atoms with Crippen molar-refractivity contribution in [2.45, 2.75) is 18.8 Å². The molecule has 0 bridgehead atoms. The van der Waals surface area contributed by atoms with Crippen LogP contribution in [0.25, 0.3) is 11.1 Å². The van der Waals surface area contributed by atoms with Crippen LogP contribution in [0.3, 0.4) is 0 Å². The standard InChI is InChI=1S/C18H15F3N6O2/c19-18(20,21)15-4-5-22-16(26-15)25-13-3-1-2-11(6-13)12-7-24-27(9-12)10-14-8-23-17(28)29-14/h1-7,9,14H,8,10H2,(H,23,28)(H,22,25,26)/t14-/m1/s1. The van der Waals surface area contributed by atoms with Crippen LogP contribution in [0.5, 0.6) is 0 Å². The van der Waals surface area contributed by atoms with Crippen LogP contribution in [-0.2, 0) is 17.5 Å². The van der Waals surface area contributed by atoms with E-state index >= 15 is 0 Å². The van der Waals surface area contributed by atoms with Crippen LogP contribution in [0.1, 0.15) is 5.69 Å². The molecular formula is C18H15F3N6O2. The Morgan fingerprint density at radius 3 is 2.90 bits per heavy atom. The Bertz CT molecular complexity index is 1040. The summed E-state index contributed by atoms with van der Waals surface area (Å²) in [5.41, 5.74) is 1.11. The third-order valence-electron chi connectivity index (χ3n) is 4.17. The van der Waals surface area contributed by atoms with Gasteiger partial charge in [0, 0.05) is 23.6 Å². The average molecular weight is 404 g/mol. The maximum atomic E-state index is 12.8. The minimum Gasteiger partial charge on any atom is -0.442 e. The zero-order chi connectivity index (χ0) is 20.4. The number of halogens is 3. The van der Waals surface area contributed by atoms with E-state index in [1.807, 2.05) is 6.07 Å². The number of alkyl halides is 3. The first-order chi connectivity index (χ1) is 13.9. The number of amides is 1. The van der Waals surface area contributed by atoms with Crippen LogP contribution in [0.4, 0.5) is 29.6 Å². The van der Waals surface area contributed by atoms with E-state index in [1.165, 1.54) is 0 Å². The molecule has 1 fully saturated rings. The Labute approximate surface area is 162 Å². The third kappa shape index (κ3) is 4.45. The van der Waals surface area contributed by atoms with E-state index in [2.05, 4.69) is 25.7 Å². The molecule has 150 valence electrons. The highest BCUT2D eigenvalue weighted by molar-refractivity contribution is 5.69. The number of aromatic nitrogens is 4. The lowest BCUT2D eigenvalue weighted by Crippen LogP contribution is -2.20. The van der Waals surface area contributed by atoms with Crippen molar-refractivity contribution in [2.24, 2.45) is 0 Å². The highest BCUT2D eigenvalue weighted by atomic mass is 19.4. The zero-order valence-corrected chi connectivity index (χ0v) is 14.8. The van der Waals surface area contributed by atoms with Gasteiger partial charge in [-0.3, -0.25) is 4.68 Å². The van der Waals surface area contributed by atoms with Gasteiger partial charge in [0.05, 0.1) is 19.3 Å². The first-order valence-electron chi connectivity index (χ1n) is 8.61. The zero-order valence-electron chi connectivity index (χ0n) is 14.8. The quantitative estimate of drug-likeness (QED) is 0.678. The number of benzene rings is 1. The van der Waals surface area contributed by atoms with Crippen LogP contribution >= 0.6 is 0 Å². The molecule has 3 heterocycles. The topological polar surface area (TPSA) is 94.0 Å². The molecule has 1 amide bonds. The van der Waals surface area contributed by atoms with E-state index in [1.54, 1.807) is 35.3 Å². The number of nitrogens with one attached hydrogen (secondary N) is 2. The number of rotatable bonds is 5. The molecule has 0 radical (unpaired) electrons. The summed E-state index contributed by atoms with van der Waals surface area (Å²) in [5.74, 6) is -0.150. The van der Waals surface area contributed by atoms with Crippen LogP contribution in [0.2, 0.25) is 0 Å². The molecule has 2 aromatic heterocycles. The van der Waals surface area contributed by atoms with Crippen molar-refractivity contribution in [1.82, 2.24) is 25.1 Å². The molecule has 0 spiro atoms. The predicted molar refractivity (Wildman–Crippen MR) is 96.3 cm³/mol. The second-order valence-electron chi connectivity index (χ2n) is 6.33. The molecule has 4 rings (SSSR count). The molecular weight excluding hydrogens is 389 g/mol. The third-order valence-corrected chi connectivity index (χ3v) is 4.17. The first-order valence-corrected chi connectivity index (χ1v) is 8.61. The summed E-state index contributed by atoms with van der Waals surface area (Å²) >= 11 is 0. The summed E-state index contributed by atoms with van der Waals surface area (Å²) < 4.78 is 45.2. The minimum absolute atomic E-state index is 0.150. The molecule has 8 nitrogen and oxygen atoms in total. The SMILES string of the molecule is O=C1NC[C@H](Cn2cc(-c3cccc(Nc4nccc(C(F)(F)F)n4)c3)cn2)O1. The highest BCUT2D eigenvalue weighted by Crippen LogP contribution is 2.28. The van der Waals surface area contributed by atoms with Crippen LogP contribution in [0.15, 0.2) is 48.9 Å². The Kier molecular flexibility index (Phi) is 4.79. The van der Waals surface area contributed by atoms with E-state index < -0.39 is 18.0 Å². The lowest BCUT2D eigenvalue weighted by molar-refractivity contribution is -0.141. The molecule has 1 saturated heterocycles. The molecule has 1 aromatic carbocycles. The van der Waals surface area contributed by atoms with Gasteiger partial charge in [-0.25, -0.2) is 14.8 Å². The fourth-order valence-electron chi connectivity index (χ4n) is 2.84. The summed E-state index contributed by atoms with van der Waals surface area (Å²) in [6.07, 6.45) is -0.773. The summed E-state index contributed by atoms with van der Waals surface area (Å²) in [6, 6.07) is 7.86. The smallest absolute Gasteiger partial charge is 0.433 e. The number of anilines is 2. The Hall–Kier alpha value is -3.63. The van der Waals surface area contributed by atoms with Gasteiger partial charge in [0.15, 0.2) is 0 Å². The second kappa shape index (κ2) is 7.41. The molecule has 3 aromatic rings. The monoisotopic (exact) mass is 404 g/mol. The fourth-order valence-corrected chi connectivity index (χ4v) is 2.84. The molecule has 1 atom stereocenters. The summed E-state index contributed by atoms with van der Waals surface area (Å²) in [5, 5.41) is 9.62. The van der Waals surface area contributed by atoms with Crippen molar-refractivity contribution in [1.29, 1.82) is 0 Å². The van der Waals surface area contributed by atoms with Gasteiger partial charge in [0.1, 0.15) is 11.8 Å². The summed E-state index contributed by atoms with van der Waals surface area (Å²) in [6.45, 7) is 0.833. The number of carbonyl (C=O) groups is 1. The van der Waals surface area contributed by atoms with Gasteiger partial charge >= 0.3 is 12.3 Å². The van der Waals surface area contributed by atoms with Crippen LogP contribution in [-0.4, -0.2) is 38.5 Å². The Morgan fingerprint density at radius 1 is 1.28 bits per heavy atom. The lowest BCUT2D eigenvalue weighted by Gasteiger charge is -2.09. The Balaban J connectivity index is 1.49. The maximum Gasteiger partial charge on any atom is 0.433 e. The maximum absolute atomic E-state index is 12.8. The largest absolute Gasteiger partial charge is 0.442 e. The molecule has 11 heteroatoms. The van der Waals surface area contributed by atoms with Gasteiger partial charge in [-0.15, -0.1) is 0 Å². The van der Waals surface area contributed by atoms with Gasteiger partial charge < -0.3 is 15.4 Å². The predicted octanol–water partition coefficient (Wildman–Crippen LogP) is 3.21. The van der Waals surface area contributed by atoms with Gasteiger partial charge in [-0.1, -0.05) is 12.1 Å². The molecule has 0 unspecified atom stereocenters. The number of nitrogens with zero attached hydrogens (tertiary/aromatic N) is 4. The first kappa shape index (κ1) is 18.7. The van der Waals surface area contributed by atoms with Crippen molar-refractivity contribution in [3.8, 4) is 11.1 Å². The summed E-state index contributed by atoms with van der Waals surface area (Å²) in [4.78, 5) is 18.4. The van der Waals surface area contributed by atoms with E-state index in [9.17, 15) is 18.0 Å². The van der Waals surface area contributed by atoms with Crippen molar-refractivity contribution in [3.63, 3.8) is 0 Å². The highest BCUT2D eigenvalue weighted by Gasteiger charge is 2.32. The van der Waals surface area contributed by atoms with Crippen molar-refractivity contribution in [3.05, 3.63) is 54.6 Å². The van der Waals surface area contributed by atoms with Crippen molar-refractivity contribution < 1.29 is 22.7 Å². The second-order valence-corrected chi connectivity index (χ2v) is 6.33. The van der Waals surface area contributed by atoms with Gasteiger partial charge in [-0.05, 0) is 23.8 Å². The summed E-state index contributed by atoms with van der Waals surface area (Å²) in [7, 11) is 0. The normalized spacial score (nSPS) is 16.4. The van der Waals surface area contributed by atoms with Crippen LogP contribution < -0.4 is 10.6 Å². The minimum atomic E-state index is -4.54. The molecule has 0 saturated carbocycles. The lowest BCUT2D eigenvalue weighted by atomic mass is 10.1. The fraction of sp³-hybridized carbons (Fsp3) is 0.222. The number of hydrogen-bond donors (Lipinski definition) is 2. The van der Waals surface area contributed by atoms with E-state index in [4.69, 9.17) is 4.74 Å². The van der Waals surface area contributed by atoms with Crippen molar-refractivity contribution >= 4 is 17.7 Å². The van der Waals surface area contributed by atoms with Crippen LogP contribution in [0, 0.1) is 0 Å². The molecule has 29 heavy (non-hydrogen) atoms. The van der Waals surface area contributed by atoms with Crippen molar-refractivity contribution in [2.75, 3.05) is 11.9 Å². The van der Waals surface area contributed by atoms with E-state index in [-0.39, 0.29) is 12.1 Å². The van der Waals surface area contributed by atoms with E-state index in [0.717, 1.165) is 23.4 Å². The molecule has 1 aliphatic rings. The van der Waals surface area contributed by atoms with Gasteiger partial charge in [0.2, 0.25) is 5.95 Å². The van der Waals surface area contributed by atoms with Gasteiger partial charge in [0.25, 0.3) is 0 Å². The molecule has 2 N–H and O–H groups in total. The number of hydrogen-bond acceptors (Lipinski definition) is 6. The molecule has 0 aliphatic carbocycles. The van der Waals surface area contributed by atoms with E-state index in [0.29, 0.717) is 18.8 Å².